The smallest absolute Gasteiger partial charge is 0.308 e. The minimum atomic E-state index is -3.65. The van der Waals surface area contributed by atoms with Gasteiger partial charge in [-0.3, -0.25) is 4.72 Å². The van der Waals surface area contributed by atoms with Crippen molar-refractivity contribution in [1.29, 1.82) is 0 Å². The zero-order chi connectivity index (χ0) is 18.6. The summed E-state index contributed by atoms with van der Waals surface area (Å²) in [4.78, 5) is 13.0. The zero-order valence-electron chi connectivity index (χ0n) is 13.9. The lowest BCUT2D eigenvalue weighted by molar-refractivity contribution is 0.262. The summed E-state index contributed by atoms with van der Waals surface area (Å²) >= 11 is 1.20. The number of amides is 2. The van der Waals surface area contributed by atoms with E-state index in [0.717, 1.165) is 4.88 Å². The maximum Gasteiger partial charge on any atom is 0.323 e. The molecule has 8 heteroatoms. The molecule has 0 aliphatic carbocycles. The molecule has 0 aliphatic heterocycles. The quantitative estimate of drug-likeness (QED) is 0.602. The summed E-state index contributed by atoms with van der Waals surface area (Å²) in [5.74, 6) is 0. The van der Waals surface area contributed by atoms with E-state index in [1.807, 2.05) is 25.1 Å². The third-order valence-corrected chi connectivity index (χ3v) is 6.26. The van der Waals surface area contributed by atoms with Crippen LogP contribution in [0.15, 0.2) is 70.9 Å². The van der Waals surface area contributed by atoms with Gasteiger partial charge in [-0.1, -0.05) is 24.3 Å². The summed E-state index contributed by atoms with van der Waals surface area (Å²) in [5, 5.41) is 5.38. The van der Waals surface area contributed by atoms with Gasteiger partial charge >= 0.3 is 6.03 Å². The van der Waals surface area contributed by atoms with E-state index in [2.05, 4.69) is 15.4 Å². The summed E-state index contributed by atoms with van der Waals surface area (Å²) < 4.78 is 27.5. The molecule has 0 saturated heterocycles. The largest absolute Gasteiger partial charge is 0.323 e. The molecule has 26 heavy (non-hydrogen) atoms. The Labute approximate surface area is 155 Å². The van der Waals surface area contributed by atoms with E-state index in [-0.39, 0.29) is 4.21 Å². The Balaban J connectivity index is 1.69. The lowest BCUT2D eigenvalue weighted by Gasteiger charge is -2.10. The van der Waals surface area contributed by atoms with E-state index >= 15 is 0 Å². The molecular formula is C18H17N3O3S2. The first-order chi connectivity index (χ1) is 12.4. The second-order valence-corrected chi connectivity index (χ2v) is 8.69. The number of thiophene rings is 1. The lowest BCUT2D eigenvalue weighted by Crippen LogP contribution is -2.19. The highest BCUT2D eigenvalue weighted by molar-refractivity contribution is 7.94. The Morgan fingerprint density at radius 2 is 1.50 bits per heavy atom. The third-order valence-electron chi connectivity index (χ3n) is 3.38. The van der Waals surface area contributed by atoms with Gasteiger partial charge in [-0.05, 0) is 49.4 Å². The minimum Gasteiger partial charge on any atom is -0.308 e. The highest BCUT2D eigenvalue weighted by Crippen LogP contribution is 2.24. The standard InChI is InChI=1S/C18H17N3O3S2/c1-13-10-11-17(25-13)26(23,24)21-16-9-5-8-15(12-16)20-18(22)19-14-6-3-2-4-7-14/h2-12,21H,1H3,(H2,19,20,22). The lowest BCUT2D eigenvalue weighted by atomic mass is 10.3. The number of anilines is 3. The molecule has 2 amide bonds. The summed E-state index contributed by atoms with van der Waals surface area (Å²) in [6.45, 7) is 1.85. The van der Waals surface area contributed by atoms with Crippen LogP contribution in [0.4, 0.5) is 21.9 Å². The molecule has 3 rings (SSSR count). The molecule has 2 aromatic carbocycles. The number of nitrogens with one attached hydrogen (secondary N) is 3. The first kappa shape index (κ1) is 18.0. The number of sulfonamides is 1. The molecule has 0 fully saturated rings. The van der Waals surface area contributed by atoms with Crippen LogP contribution < -0.4 is 15.4 Å². The second kappa shape index (κ2) is 7.59. The van der Waals surface area contributed by atoms with Crippen molar-refractivity contribution in [2.24, 2.45) is 0 Å². The number of rotatable bonds is 5. The van der Waals surface area contributed by atoms with Gasteiger partial charge in [0.25, 0.3) is 10.0 Å². The predicted octanol–water partition coefficient (Wildman–Crippen LogP) is 4.50. The van der Waals surface area contributed by atoms with Crippen LogP contribution in [-0.4, -0.2) is 14.4 Å². The van der Waals surface area contributed by atoms with Crippen molar-refractivity contribution in [1.82, 2.24) is 0 Å². The second-order valence-electron chi connectivity index (χ2n) is 5.50. The van der Waals surface area contributed by atoms with Crippen molar-refractivity contribution < 1.29 is 13.2 Å². The fourth-order valence-corrected chi connectivity index (χ4v) is 4.57. The maximum atomic E-state index is 12.4. The van der Waals surface area contributed by atoms with Crippen LogP contribution in [0.1, 0.15) is 4.88 Å². The number of para-hydroxylation sites is 1. The van der Waals surface area contributed by atoms with Crippen molar-refractivity contribution in [3.63, 3.8) is 0 Å². The Bertz CT molecular complexity index is 1010. The van der Waals surface area contributed by atoms with Crippen LogP contribution in [0.5, 0.6) is 0 Å². The van der Waals surface area contributed by atoms with E-state index < -0.39 is 16.1 Å². The molecule has 0 saturated carbocycles. The number of hydrogen-bond acceptors (Lipinski definition) is 4. The van der Waals surface area contributed by atoms with Gasteiger partial charge in [0.15, 0.2) is 0 Å². The van der Waals surface area contributed by atoms with Gasteiger partial charge in [0.1, 0.15) is 4.21 Å². The molecule has 0 radical (unpaired) electrons. The van der Waals surface area contributed by atoms with Crippen LogP contribution in [-0.2, 0) is 10.0 Å². The van der Waals surface area contributed by atoms with Crippen LogP contribution >= 0.6 is 11.3 Å². The van der Waals surface area contributed by atoms with Gasteiger partial charge in [-0.2, -0.15) is 0 Å². The number of aryl methyl sites for hydroxylation is 1. The zero-order valence-corrected chi connectivity index (χ0v) is 15.5. The van der Waals surface area contributed by atoms with Crippen molar-refractivity contribution in [3.8, 4) is 0 Å². The molecule has 0 unspecified atom stereocenters. The van der Waals surface area contributed by atoms with Gasteiger partial charge in [0.2, 0.25) is 0 Å². The van der Waals surface area contributed by atoms with Crippen LogP contribution in [0, 0.1) is 6.92 Å². The van der Waals surface area contributed by atoms with E-state index in [0.29, 0.717) is 17.1 Å². The van der Waals surface area contributed by atoms with E-state index in [1.165, 1.54) is 11.3 Å². The highest BCUT2D eigenvalue weighted by Gasteiger charge is 2.16. The molecule has 6 nitrogen and oxygen atoms in total. The number of carbonyl (C=O) groups excluding carboxylic acids is 1. The SMILES string of the molecule is Cc1ccc(S(=O)(=O)Nc2cccc(NC(=O)Nc3ccccc3)c2)s1. The highest BCUT2D eigenvalue weighted by atomic mass is 32.2. The Morgan fingerprint density at radius 1 is 0.846 bits per heavy atom. The molecule has 0 aliphatic rings. The molecule has 1 heterocycles. The van der Waals surface area contributed by atoms with E-state index in [1.54, 1.807) is 48.5 Å². The van der Waals surface area contributed by atoms with E-state index in [4.69, 9.17) is 0 Å². The fourth-order valence-electron chi connectivity index (χ4n) is 2.24. The third kappa shape index (κ3) is 4.62. The van der Waals surface area contributed by atoms with Gasteiger partial charge in [0.05, 0.1) is 5.69 Å². The Morgan fingerprint density at radius 3 is 2.19 bits per heavy atom. The Kier molecular flexibility index (Phi) is 5.24. The van der Waals surface area contributed by atoms with Gasteiger partial charge in [-0.15, -0.1) is 11.3 Å². The van der Waals surface area contributed by atoms with Crippen molar-refractivity contribution >= 4 is 44.5 Å². The average Bonchev–Trinajstić information content (AvgIpc) is 3.03. The molecular weight excluding hydrogens is 370 g/mol. The van der Waals surface area contributed by atoms with Crippen molar-refractivity contribution in [2.45, 2.75) is 11.1 Å². The predicted molar refractivity (Wildman–Crippen MR) is 105 cm³/mol. The summed E-state index contributed by atoms with van der Waals surface area (Å²) in [7, 11) is -3.65. The average molecular weight is 387 g/mol. The van der Waals surface area contributed by atoms with Crippen LogP contribution in [0.2, 0.25) is 0 Å². The number of hydrogen-bond donors (Lipinski definition) is 3. The number of urea groups is 1. The van der Waals surface area contributed by atoms with E-state index in [9.17, 15) is 13.2 Å². The fraction of sp³-hybridized carbons (Fsp3) is 0.0556. The topological polar surface area (TPSA) is 87.3 Å². The monoisotopic (exact) mass is 387 g/mol. The summed E-state index contributed by atoms with van der Waals surface area (Å²) in [6.07, 6.45) is 0. The van der Waals surface area contributed by atoms with Crippen LogP contribution in [0.3, 0.4) is 0 Å². The molecule has 1 aromatic heterocycles. The van der Waals surface area contributed by atoms with Gasteiger partial charge in [-0.25, -0.2) is 13.2 Å². The molecule has 0 atom stereocenters. The Hall–Kier alpha value is -2.84. The molecule has 0 spiro atoms. The van der Waals surface area contributed by atoms with Gasteiger partial charge in [0, 0.05) is 16.3 Å². The van der Waals surface area contributed by atoms with Crippen molar-refractivity contribution in [3.05, 3.63) is 71.6 Å². The summed E-state index contributed by atoms with van der Waals surface area (Å²) in [6, 6.07) is 18.5. The molecule has 134 valence electrons. The number of benzene rings is 2. The number of carbonyl (C=O) groups is 1. The molecule has 3 N–H and O–H groups in total. The van der Waals surface area contributed by atoms with Gasteiger partial charge < -0.3 is 10.6 Å². The first-order valence-corrected chi connectivity index (χ1v) is 10.0. The molecule has 0 bridgehead atoms. The van der Waals surface area contributed by atoms with Crippen LogP contribution in [0.25, 0.3) is 0 Å². The summed E-state index contributed by atoms with van der Waals surface area (Å²) in [5.41, 5.74) is 1.50. The molecule has 3 aromatic rings. The normalized spacial score (nSPS) is 11.0. The first-order valence-electron chi connectivity index (χ1n) is 7.75. The minimum absolute atomic E-state index is 0.246. The van der Waals surface area contributed by atoms with Crippen molar-refractivity contribution in [2.75, 3.05) is 15.4 Å². The maximum absolute atomic E-state index is 12.4.